The largest absolute Gasteiger partial charge is 0.492 e. The average Bonchev–Trinajstić information content (AvgIpc) is 2.48. The van der Waals surface area contributed by atoms with Crippen LogP contribution in [-0.4, -0.2) is 37.3 Å². The second kappa shape index (κ2) is 10.5. The summed E-state index contributed by atoms with van der Waals surface area (Å²) < 4.78 is 11.5. The number of carbonyl (C=O) groups excluding carboxylic acids is 2. The number of amides is 2. The van der Waals surface area contributed by atoms with Crippen molar-refractivity contribution in [1.82, 2.24) is 10.6 Å². The van der Waals surface area contributed by atoms with E-state index in [4.69, 9.17) is 21.1 Å². The molecule has 6 nitrogen and oxygen atoms in total. The van der Waals surface area contributed by atoms with E-state index >= 15 is 0 Å². The maximum Gasteiger partial charge on any atom is 0.407 e. The number of alkyl carbamates (subject to hydrolysis) is 1. The second-order valence-corrected chi connectivity index (χ2v) is 7.63. The fraction of sp³-hybridized carbons (Fsp3) is 0.529. The van der Waals surface area contributed by atoms with Crippen LogP contribution in [0, 0.1) is 0 Å². The zero-order valence-corrected chi connectivity index (χ0v) is 17.0. The highest BCUT2D eigenvalue weighted by Crippen LogP contribution is 2.27. The SMILES string of the molecule is CC(C)(C)OC(=O)NCCNC(=O)CCCOc1ccc(Br)cc1Cl. The van der Waals surface area contributed by atoms with Gasteiger partial charge in [0.25, 0.3) is 0 Å². The molecule has 0 radical (unpaired) electrons. The molecule has 0 aliphatic rings. The summed E-state index contributed by atoms with van der Waals surface area (Å²) in [6, 6.07) is 5.36. The molecule has 0 bridgehead atoms. The molecule has 0 atom stereocenters. The minimum atomic E-state index is -0.537. The van der Waals surface area contributed by atoms with Crippen LogP contribution in [-0.2, 0) is 9.53 Å². The van der Waals surface area contributed by atoms with Gasteiger partial charge < -0.3 is 20.1 Å². The standard InChI is InChI=1S/C17H24BrClN2O4/c1-17(2,3)25-16(23)21-9-8-20-15(22)5-4-10-24-14-7-6-12(18)11-13(14)19/h6-7,11H,4-5,8-10H2,1-3H3,(H,20,22)(H,21,23). The highest BCUT2D eigenvalue weighted by atomic mass is 79.9. The van der Waals surface area contributed by atoms with E-state index < -0.39 is 11.7 Å². The Labute approximate surface area is 161 Å². The average molecular weight is 436 g/mol. The Morgan fingerprint density at radius 1 is 1.20 bits per heavy atom. The molecule has 2 amide bonds. The molecule has 0 aromatic heterocycles. The molecule has 8 heteroatoms. The molecule has 0 fully saturated rings. The fourth-order valence-corrected chi connectivity index (χ4v) is 2.50. The number of benzene rings is 1. The Morgan fingerprint density at radius 2 is 1.88 bits per heavy atom. The van der Waals surface area contributed by atoms with Crippen LogP contribution in [0.1, 0.15) is 33.6 Å². The van der Waals surface area contributed by atoms with E-state index in [1.165, 1.54) is 0 Å². The molecule has 0 saturated heterocycles. The van der Waals surface area contributed by atoms with Crippen LogP contribution in [0.5, 0.6) is 5.75 Å². The second-order valence-electron chi connectivity index (χ2n) is 6.31. The van der Waals surface area contributed by atoms with Gasteiger partial charge in [-0.2, -0.15) is 0 Å². The van der Waals surface area contributed by atoms with E-state index in [-0.39, 0.29) is 5.91 Å². The molecule has 1 aromatic rings. The summed E-state index contributed by atoms with van der Waals surface area (Å²) in [6.45, 7) is 6.42. The Kier molecular flexibility index (Phi) is 9.06. The van der Waals surface area contributed by atoms with E-state index in [1.54, 1.807) is 32.9 Å². The van der Waals surface area contributed by atoms with Gasteiger partial charge in [0.15, 0.2) is 0 Å². The molecule has 1 rings (SSSR count). The molecule has 140 valence electrons. The Balaban J connectivity index is 2.10. The molecular formula is C17H24BrClN2O4. The summed E-state index contributed by atoms with van der Waals surface area (Å²) in [7, 11) is 0. The van der Waals surface area contributed by atoms with Crippen LogP contribution in [0.2, 0.25) is 5.02 Å². The number of hydrogen-bond acceptors (Lipinski definition) is 4. The first-order valence-corrected chi connectivity index (χ1v) is 9.16. The quantitative estimate of drug-likeness (QED) is 0.607. The number of nitrogens with one attached hydrogen (secondary N) is 2. The molecule has 0 spiro atoms. The van der Waals surface area contributed by atoms with Crippen molar-refractivity contribution >= 4 is 39.5 Å². The van der Waals surface area contributed by atoms with E-state index in [9.17, 15) is 9.59 Å². The topological polar surface area (TPSA) is 76.7 Å². The van der Waals surface area contributed by atoms with Crippen molar-refractivity contribution < 1.29 is 19.1 Å². The summed E-state index contributed by atoms with van der Waals surface area (Å²) in [4.78, 5) is 23.1. The molecular weight excluding hydrogens is 412 g/mol. The number of halogens is 2. The predicted molar refractivity (Wildman–Crippen MR) is 101 cm³/mol. The number of carbonyl (C=O) groups is 2. The van der Waals surface area contributed by atoms with E-state index in [2.05, 4.69) is 26.6 Å². The van der Waals surface area contributed by atoms with Crippen molar-refractivity contribution in [1.29, 1.82) is 0 Å². The van der Waals surface area contributed by atoms with Gasteiger partial charge in [0, 0.05) is 24.0 Å². The third-order valence-electron chi connectivity index (χ3n) is 2.82. The molecule has 0 heterocycles. The first-order valence-electron chi connectivity index (χ1n) is 7.99. The molecule has 0 unspecified atom stereocenters. The molecule has 2 N–H and O–H groups in total. The Morgan fingerprint density at radius 3 is 2.52 bits per heavy atom. The lowest BCUT2D eigenvalue weighted by molar-refractivity contribution is -0.121. The van der Waals surface area contributed by atoms with Crippen LogP contribution in [0.3, 0.4) is 0 Å². The van der Waals surface area contributed by atoms with Gasteiger partial charge in [0.1, 0.15) is 11.4 Å². The van der Waals surface area contributed by atoms with Crippen molar-refractivity contribution in [3.63, 3.8) is 0 Å². The zero-order chi connectivity index (χ0) is 18.9. The van der Waals surface area contributed by atoms with Gasteiger partial charge in [-0.25, -0.2) is 4.79 Å². The van der Waals surface area contributed by atoms with Gasteiger partial charge >= 0.3 is 6.09 Å². The highest BCUT2D eigenvalue weighted by molar-refractivity contribution is 9.10. The van der Waals surface area contributed by atoms with E-state index in [1.807, 2.05) is 6.07 Å². The highest BCUT2D eigenvalue weighted by Gasteiger charge is 2.15. The number of ether oxygens (including phenoxy) is 2. The molecule has 0 saturated carbocycles. The lowest BCUT2D eigenvalue weighted by Gasteiger charge is -2.19. The van der Waals surface area contributed by atoms with Crippen LogP contribution >= 0.6 is 27.5 Å². The summed E-state index contributed by atoms with van der Waals surface area (Å²) in [5.74, 6) is 0.489. The van der Waals surface area contributed by atoms with Crippen LogP contribution in [0.25, 0.3) is 0 Å². The Bertz CT molecular complexity index is 591. The van der Waals surface area contributed by atoms with Gasteiger partial charge in [-0.1, -0.05) is 27.5 Å². The van der Waals surface area contributed by atoms with Crippen LogP contribution in [0.4, 0.5) is 4.79 Å². The lowest BCUT2D eigenvalue weighted by Crippen LogP contribution is -2.37. The number of hydrogen-bond donors (Lipinski definition) is 2. The van der Waals surface area contributed by atoms with Gasteiger partial charge in [-0.15, -0.1) is 0 Å². The van der Waals surface area contributed by atoms with Crippen LogP contribution < -0.4 is 15.4 Å². The Hall–Kier alpha value is -1.47. The van der Waals surface area contributed by atoms with Gasteiger partial charge in [-0.05, 0) is 45.4 Å². The van der Waals surface area contributed by atoms with Crippen molar-refractivity contribution in [3.05, 3.63) is 27.7 Å². The smallest absolute Gasteiger partial charge is 0.407 e. The summed E-state index contributed by atoms with van der Waals surface area (Å²) in [6.07, 6.45) is 0.403. The first kappa shape index (κ1) is 21.6. The summed E-state index contributed by atoms with van der Waals surface area (Å²) >= 11 is 9.37. The van der Waals surface area contributed by atoms with Crippen molar-refractivity contribution in [2.24, 2.45) is 0 Å². The molecule has 1 aromatic carbocycles. The predicted octanol–water partition coefficient (Wildman–Crippen LogP) is 3.90. The minimum absolute atomic E-state index is 0.100. The third-order valence-corrected chi connectivity index (χ3v) is 3.60. The van der Waals surface area contributed by atoms with Crippen LogP contribution in [0.15, 0.2) is 22.7 Å². The lowest BCUT2D eigenvalue weighted by atomic mass is 10.2. The zero-order valence-electron chi connectivity index (χ0n) is 14.7. The van der Waals surface area contributed by atoms with Crippen molar-refractivity contribution in [2.75, 3.05) is 19.7 Å². The molecule has 0 aliphatic carbocycles. The van der Waals surface area contributed by atoms with E-state index in [0.29, 0.717) is 43.3 Å². The fourth-order valence-electron chi connectivity index (χ4n) is 1.78. The normalized spacial score (nSPS) is 10.9. The maximum atomic E-state index is 11.7. The maximum absolute atomic E-state index is 11.7. The van der Waals surface area contributed by atoms with Gasteiger partial charge in [-0.3, -0.25) is 4.79 Å². The summed E-state index contributed by atoms with van der Waals surface area (Å²) in [5.41, 5.74) is -0.537. The van der Waals surface area contributed by atoms with Crippen molar-refractivity contribution in [2.45, 2.75) is 39.2 Å². The monoisotopic (exact) mass is 434 g/mol. The minimum Gasteiger partial charge on any atom is -0.492 e. The molecule has 0 aliphatic heterocycles. The number of rotatable bonds is 8. The third kappa shape index (κ3) is 10.2. The van der Waals surface area contributed by atoms with Gasteiger partial charge in [0.05, 0.1) is 11.6 Å². The van der Waals surface area contributed by atoms with Crippen molar-refractivity contribution in [3.8, 4) is 5.75 Å². The summed E-state index contributed by atoms with van der Waals surface area (Å²) in [5, 5.41) is 5.82. The van der Waals surface area contributed by atoms with E-state index in [0.717, 1.165) is 4.47 Å². The first-order chi connectivity index (χ1) is 11.7. The molecule has 25 heavy (non-hydrogen) atoms. The van der Waals surface area contributed by atoms with Gasteiger partial charge in [0.2, 0.25) is 5.91 Å².